The van der Waals surface area contributed by atoms with Gasteiger partial charge in [0.25, 0.3) is 0 Å². The summed E-state index contributed by atoms with van der Waals surface area (Å²) in [5, 5.41) is 6.08. The molecule has 1 atom stereocenters. The number of carbonyl (C=O) groups excluding carboxylic acids is 1. The van der Waals surface area contributed by atoms with Crippen LogP contribution >= 0.6 is 15.9 Å². The second kappa shape index (κ2) is 6.03. The molecule has 1 amide bonds. The molecule has 1 aliphatic heterocycles. The second-order valence-corrected chi connectivity index (χ2v) is 6.10. The molecule has 1 saturated heterocycles. The highest BCUT2D eigenvalue weighted by Gasteiger charge is 2.33. The predicted molar refractivity (Wildman–Crippen MR) is 77.9 cm³/mol. The van der Waals surface area contributed by atoms with Gasteiger partial charge in [0.1, 0.15) is 6.61 Å². The fourth-order valence-corrected chi connectivity index (χ4v) is 2.38. The Labute approximate surface area is 122 Å². The molecule has 1 aromatic carbocycles. The van der Waals surface area contributed by atoms with Crippen molar-refractivity contribution in [1.82, 2.24) is 10.6 Å². The second-order valence-electron chi connectivity index (χ2n) is 5.19. The molecule has 2 rings (SSSR count). The lowest BCUT2D eigenvalue weighted by Crippen LogP contribution is -2.59. The van der Waals surface area contributed by atoms with Gasteiger partial charge in [-0.15, -0.1) is 0 Å². The summed E-state index contributed by atoms with van der Waals surface area (Å²) in [5.74, 6) is -0.0828. The molecule has 1 aromatic rings. The molecule has 4 nitrogen and oxygen atoms in total. The molecule has 1 fully saturated rings. The average molecular weight is 327 g/mol. The van der Waals surface area contributed by atoms with Gasteiger partial charge < -0.3 is 15.4 Å². The van der Waals surface area contributed by atoms with Crippen LogP contribution in [0.5, 0.6) is 0 Å². The van der Waals surface area contributed by atoms with E-state index in [1.165, 1.54) is 0 Å². The molecule has 0 bridgehead atoms. The summed E-state index contributed by atoms with van der Waals surface area (Å²) in [4.78, 5) is 11.8. The van der Waals surface area contributed by atoms with Gasteiger partial charge >= 0.3 is 0 Å². The zero-order valence-electron chi connectivity index (χ0n) is 11.2. The Balaban J connectivity index is 1.81. The van der Waals surface area contributed by atoms with Crippen molar-refractivity contribution < 1.29 is 9.53 Å². The van der Waals surface area contributed by atoms with E-state index in [0.29, 0.717) is 0 Å². The number of ether oxygens (including phenoxy) is 1. The molecule has 19 heavy (non-hydrogen) atoms. The van der Waals surface area contributed by atoms with Crippen molar-refractivity contribution in [3.05, 3.63) is 34.3 Å². The average Bonchev–Trinajstić information content (AvgIpc) is 2.34. The highest BCUT2D eigenvalue weighted by molar-refractivity contribution is 9.10. The summed E-state index contributed by atoms with van der Waals surface area (Å²) >= 11 is 3.43. The minimum absolute atomic E-state index is 0.0269. The first-order chi connectivity index (χ1) is 8.98. The van der Waals surface area contributed by atoms with E-state index in [1.54, 1.807) is 0 Å². The van der Waals surface area contributed by atoms with Crippen molar-refractivity contribution >= 4 is 21.8 Å². The topological polar surface area (TPSA) is 50.4 Å². The van der Waals surface area contributed by atoms with Gasteiger partial charge in [-0.05, 0) is 31.5 Å². The van der Waals surface area contributed by atoms with E-state index in [4.69, 9.17) is 4.74 Å². The van der Waals surface area contributed by atoms with Gasteiger partial charge in [0.05, 0.1) is 11.6 Å². The van der Waals surface area contributed by atoms with Crippen molar-refractivity contribution in [1.29, 1.82) is 0 Å². The van der Waals surface area contributed by atoms with Crippen LogP contribution in [0.2, 0.25) is 0 Å². The van der Waals surface area contributed by atoms with Crippen LogP contribution in [0.15, 0.2) is 28.7 Å². The Morgan fingerprint density at radius 3 is 2.89 bits per heavy atom. The third kappa shape index (κ3) is 4.03. The minimum Gasteiger partial charge on any atom is -0.363 e. The molecular weight excluding hydrogens is 308 g/mol. The van der Waals surface area contributed by atoms with E-state index in [9.17, 15) is 4.79 Å². The van der Waals surface area contributed by atoms with E-state index in [1.807, 2.05) is 38.1 Å². The van der Waals surface area contributed by atoms with Crippen molar-refractivity contribution in [2.24, 2.45) is 0 Å². The van der Waals surface area contributed by atoms with E-state index in [-0.39, 0.29) is 24.2 Å². The Bertz CT molecular complexity index is 461. The van der Waals surface area contributed by atoms with Gasteiger partial charge in [-0.2, -0.15) is 0 Å². The monoisotopic (exact) mass is 326 g/mol. The van der Waals surface area contributed by atoms with E-state index in [2.05, 4.69) is 26.6 Å². The van der Waals surface area contributed by atoms with Crippen LogP contribution < -0.4 is 10.6 Å². The Morgan fingerprint density at radius 2 is 2.32 bits per heavy atom. The smallest absolute Gasteiger partial charge is 0.246 e. The summed E-state index contributed by atoms with van der Waals surface area (Å²) in [5.41, 5.74) is 0.885. The van der Waals surface area contributed by atoms with Gasteiger partial charge in [-0.3, -0.25) is 4.79 Å². The molecule has 0 unspecified atom stereocenters. The van der Waals surface area contributed by atoms with E-state index in [0.717, 1.165) is 23.1 Å². The lowest BCUT2D eigenvalue weighted by Gasteiger charge is -2.38. The fourth-order valence-electron chi connectivity index (χ4n) is 1.96. The number of halogens is 1. The molecule has 0 aromatic heterocycles. The maximum atomic E-state index is 11.8. The molecule has 5 heteroatoms. The highest BCUT2D eigenvalue weighted by atomic mass is 79.9. The van der Waals surface area contributed by atoms with Crippen molar-refractivity contribution in [2.75, 3.05) is 19.7 Å². The molecular formula is C14H19BrN2O2. The van der Waals surface area contributed by atoms with Crippen LogP contribution in [0.1, 0.15) is 25.5 Å². The molecule has 1 heterocycles. The Hall–Kier alpha value is -0.910. The van der Waals surface area contributed by atoms with Gasteiger partial charge in [-0.1, -0.05) is 28.1 Å². The minimum atomic E-state index is -0.184. The maximum absolute atomic E-state index is 11.8. The van der Waals surface area contributed by atoms with Crippen LogP contribution in [0.25, 0.3) is 0 Å². The zero-order valence-corrected chi connectivity index (χ0v) is 12.8. The fraction of sp³-hybridized carbons (Fsp3) is 0.500. The van der Waals surface area contributed by atoms with Gasteiger partial charge in [0, 0.05) is 17.6 Å². The molecule has 0 spiro atoms. The number of carbonyl (C=O) groups is 1. The first-order valence-corrected chi connectivity index (χ1v) is 7.17. The van der Waals surface area contributed by atoms with E-state index >= 15 is 0 Å². The van der Waals surface area contributed by atoms with Crippen molar-refractivity contribution in [2.45, 2.75) is 25.5 Å². The number of nitrogens with one attached hydrogen (secondary N) is 2. The standard InChI is InChI=1S/C14H19BrN2O2/c1-10(11-4-3-5-12(15)6-11)17-13(18)7-19-14(2)8-16-9-14/h3-6,10,16H,7-9H2,1-2H3,(H,17,18)/t10-/m1/s1. The Morgan fingerprint density at radius 1 is 1.58 bits per heavy atom. The van der Waals surface area contributed by atoms with Gasteiger partial charge in [-0.25, -0.2) is 0 Å². The number of rotatable bonds is 5. The molecule has 2 N–H and O–H groups in total. The third-order valence-corrected chi connectivity index (χ3v) is 3.77. The first kappa shape index (κ1) is 14.5. The largest absolute Gasteiger partial charge is 0.363 e. The summed E-state index contributed by atoms with van der Waals surface area (Å²) < 4.78 is 6.61. The quantitative estimate of drug-likeness (QED) is 0.870. The first-order valence-electron chi connectivity index (χ1n) is 6.38. The van der Waals surface area contributed by atoms with Crippen LogP contribution in [0.4, 0.5) is 0 Å². The number of benzene rings is 1. The predicted octanol–water partition coefficient (Wildman–Crippen LogP) is 2.00. The molecule has 104 valence electrons. The van der Waals surface area contributed by atoms with Crippen LogP contribution in [0, 0.1) is 0 Å². The van der Waals surface area contributed by atoms with Crippen LogP contribution in [-0.4, -0.2) is 31.2 Å². The lowest BCUT2D eigenvalue weighted by molar-refractivity contribution is -0.136. The molecule has 0 aliphatic carbocycles. The molecule has 1 aliphatic rings. The number of hydrogen-bond acceptors (Lipinski definition) is 3. The maximum Gasteiger partial charge on any atom is 0.246 e. The SMILES string of the molecule is C[C@@H](NC(=O)COC1(C)CNC1)c1cccc(Br)c1. The summed E-state index contributed by atoms with van der Waals surface area (Å²) in [6.45, 7) is 5.69. The zero-order chi connectivity index (χ0) is 13.9. The van der Waals surface area contributed by atoms with Crippen LogP contribution in [0.3, 0.4) is 0 Å². The summed E-state index contributed by atoms with van der Waals surface area (Å²) in [7, 11) is 0. The highest BCUT2D eigenvalue weighted by Crippen LogP contribution is 2.18. The van der Waals surface area contributed by atoms with Crippen LogP contribution in [-0.2, 0) is 9.53 Å². The summed E-state index contributed by atoms with van der Waals surface area (Å²) in [6, 6.07) is 7.89. The number of hydrogen-bond donors (Lipinski definition) is 2. The summed E-state index contributed by atoms with van der Waals surface area (Å²) in [6.07, 6.45) is 0. The Kier molecular flexibility index (Phi) is 4.60. The normalized spacial score (nSPS) is 18.5. The lowest BCUT2D eigenvalue weighted by atomic mass is 10.0. The van der Waals surface area contributed by atoms with Crippen molar-refractivity contribution in [3.8, 4) is 0 Å². The molecule has 0 saturated carbocycles. The van der Waals surface area contributed by atoms with Crippen molar-refractivity contribution in [3.63, 3.8) is 0 Å². The third-order valence-electron chi connectivity index (χ3n) is 3.28. The van der Waals surface area contributed by atoms with Gasteiger partial charge in [0.15, 0.2) is 0 Å². The number of amides is 1. The molecule has 0 radical (unpaired) electrons. The van der Waals surface area contributed by atoms with Gasteiger partial charge in [0.2, 0.25) is 5.91 Å². The van der Waals surface area contributed by atoms with E-state index < -0.39 is 0 Å².